The Morgan fingerprint density at radius 3 is 3.12 bits per heavy atom. The Kier molecular flexibility index (Phi) is 3.53. The molecule has 3 N–H and O–H groups in total. The molecular weight excluding hydrogens is 220 g/mol. The summed E-state index contributed by atoms with van der Waals surface area (Å²) in [6.07, 6.45) is 4.52. The van der Waals surface area contributed by atoms with Gasteiger partial charge in [0.15, 0.2) is 0 Å². The highest BCUT2D eigenvalue weighted by Gasteiger charge is 2.27. The molecule has 0 radical (unpaired) electrons. The number of aliphatic hydroxyl groups excluding tert-OH is 1. The van der Waals surface area contributed by atoms with E-state index in [1.807, 2.05) is 0 Å². The Morgan fingerprint density at radius 1 is 1.59 bits per heavy atom. The molecule has 1 aromatic rings. The van der Waals surface area contributed by atoms with Gasteiger partial charge in [-0.3, -0.25) is 9.78 Å². The third-order valence-corrected chi connectivity index (χ3v) is 2.98. The number of carbonyl (C=O) groups is 1. The number of aliphatic hydroxyl groups is 1. The zero-order valence-electron chi connectivity index (χ0n) is 9.54. The van der Waals surface area contributed by atoms with E-state index in [1.54, 1.807) is 4.90 Å². The molecule has 1 aromatic heterocycles. The van der Waals surface area contributed by atoms with Crippen LogP contribution in [-0.2, 0) is 0 Å². The standard InChI is InChI=1S/C11H16N4O2/c12-10-6-13-5-9(14-10)11(17)15-3-1-8(7-15)2-4-16/h5-6,8,16H,1-4,7H2,(H2,12,14). The highest BCUT2D eigenvalue weighted by Crippen LogP contribution is 2.20. The van der Waals surface area contributed by atoms with Crippen LogP contribution in [0.4, 0.5) is 5.82 Å². The molecule has 0 aromatic carbocycles. The summed E-state index contributed by atoms with van der Waals surface area (Å²) in [5.41, 5.74) is 5.78. The summed E-state index contributed by atoms with van der Waals surface area (Å²) in [5, 5.41) is 8.86. The lowest BCUT2D eigenvalue weighted by Crippen LogP contribution is -2.29. The molecule has 1 aliphatic heterocycles. The van der Waals surface area contributed by atoms with Gasteiger partial charge >= 0.3 is 0 Å². The van der Waals surface area contributed by atoms with E-state index in [4.69, 9.17) is 10.8 Å². The van der Waals surface area contributed by atoms with Gasteiger partial charge in [-0.15, -0.1) is 0 Å². The number of nitrogens with zero attached hydrogens (tertiary/aromatic N) is 3. The average Bonchev–Trinajstić information content (AvgIpc) is 2.77. The van der Waals surface area contributed by atoms with Crippen molar-refractivity contribution in [2.45, 2.75) is 12.8 Å². The van der Waals surface area contributed by atoms with E-state index < -0.39 is 0 Å². The Hall–Kier alpha value is -1.69. The monoisotopic (exact) mass is 236 g/mol. The molecule has 1 saturated heterocycles. The van der Waals surface area contributed by atoms with Crippen molar-refractivity contribution in [2.75, 3.05) is 25.4 Å². The van der Waals surface area contributed by atoms with Crippen molar-refractivity contribution >= 4 is 11.7 Å². The number of aromatic nitrogens is 2. The number of carbonyl (C=O) groups excluding carboxylic acids is 1. The molecule has 2 rings (SSSR count). The molecule has 0 bridgehead atoms. The SMILES string of the molecule is Nc1cncc(C(=O)N2CCC(CCO)C2)n1. The molecule has 0 aliphatic carbocycles. The Bertz CT molecular complexity index is 410. The second kappa shape index (κ2) is 5.09. The van der Waals surface area contributed by atoms with Crippen molar-refractivity contribution in [3.05, 3.63) is 18.1 Å². The van der Waals surface area contributed by atoms with Crippen LogP contribution in [0.15, 0.2) is 12.4 Å². The summed E-state index contributed by atoms with van der Waals surface area (Å²) in [6.45, 7) is 1.56. The lowest BCUT2D eigenvalue weighted by Gasteiger charge is -2.15. The minimum atomic E-state index is -0.134. The summed E-state index contributed by atoms with van der Waals surface area (Å²) in [4.78, 5) is 21.6. The van der Waals surface area contributed by atoms with Gasteiger partial charge in [-0.2, -0.15) is 0 Å². The predicted octanol–water partition coefficient (Wildman–Crippen LogP) is -0.0967. The highest BCUT2D eigenvalue weighted by molar-refractivity contribution is 5.92. The molecule has 6 nitrogen and oxygen atoms in total. The van der Waals surface area contributed by atoms with Gasteiger partial charge in [0.1, 0.15) is 11.5 Å². The zero-order chi connectivity index (χ0) is 12.3. The number of nitrogen functional groups attached to an aromatic ring is 1. The Balaban J connectivity index is 2.02. The predicted molar refractivity (Wildman–Crippen MR) is 62.2 cm³/mol. The fraction of sp³-hybridized carbons (Fsp3) is 0.545. The first kappa shape index (κ1) is 11.8. The van der Waals surface area contributed by atoms with Crippen LogP contribution in [0.5, 0.6) is 0 Å². The van der Waals surface area contributed by atoms with Gasteiger partial charge in [0.05, 0.1) is 12.4 Å². The number of hydrogen-bond donors (Lipinski definition) is 2. The van der Waals surface area contributed by atoms with Crippen molar-refractivity contribution in [3.8, 4) is 0 Å². The summed E-state index contributed by atoms with van der Waals surface area (Å²) < 4.78 is 0. The fourth-order valence-corrected chi connectivity index (χ4v) is 2.08. The summed E-state index contributed by atoms with van der Waals surface area (Å²) in [5.74, 6) is 0.505. The smallest absolute Gasteiger partial charge is 0.274 e. The molecule has 1 aliphatic rings. The second-order valence-electron chi connectivity index (χ2n) is 4.25. The first-order valence-electron chi connectivity index (χ1n) is 5.68. The maximum absolute atomic E-state index is 12.1. The molecule has 2 heterocycles. The molecule has 17 heavy (non-hydrogen) atoms. The van der Waals surface area contributed by atoms with Crippen molar-refractivity contribution in [1.29, 1.82) is 0 Å². The van der Waals surface area contributed by atoms with Crippen molar-refractivity contribution in [1.82, 2.24) is 14.9 Å². The van der Waals surface area contributed by atoms with Crippen molar-refractivity contribution < 1.29 is 9.90 Å². The molecule has 0 spiro atoms. The van der Waals surface area contributed by atoms with E-state index >= 15 is 0 Å². The van der Waals surface area contributed by atoms with Crippen LogP contribution in [0.25, 0.3) is 0 Å². The van der Waals surface area contributed by atoms with E-state index in [1.165, 1.54) is 12.4 Å². The van der Waals surface area contributed by atoms with Gasteiger partial charge in [0.2, 0.25) is 0 Å². The molecule has 1 atom stereocenters. The molecule has 6 heteroatoms. The van der Waals surface area contributed by atoms with Crippen LogP contribution in [0.2, 0.25) is 0 Å². The number of nitrogens with two attached hydrogens (primary N) is 1. The zero-order valence-corrected chi connectivity index (χ0v) is 9.54. The lowest BCUT2D eigenvalue weighted by molar-refractivity contribution is 0.0778. The fourth-order valence-electron chi connectivity index (χ4n) is 2.08. The third-order valence-electron chi connectivity index (χ3n) is 2.98. The van der Waals surface area contributed by atoms with Crippen LogP contribution >= 0.6 is 0 Å². The average molecular weight is 236 g/mol. The van der Waals surface area contributed by atoms with E-state index in [-0.39, 0.29) is 24.0 Å². The summed E-state index contributed by atoms with van der Waals surface area (Å²) in [6, 6.07) is 0. The largest absolute Gasteiger partial charge is 0.396 e. The summed E-state index contributed by atoms with van der Waals surface area (Å²) >= 11 is 0. The minimum absolute atomic E-state index is 0.134. The van der Waals surface area contributed by atoms with Gasteiger partial charge in [0, 0.05) is 19.7 Å². The van der Waals surface area contributed by atoms with E-state index in [9.17, 15) is 4.79 Å². The first-order valence-corrected chi connectivity index (χ1v) is 5.68. The molecule has 1 amide bonds. The van der Waals surface area contributed by atoms with Gasteiger partial charge in [-0.25, -0.2) is 4.98 Å². The number of rotatable bonds is 3. The Labute approximate surface area is 99.5 Å². The van der Waals surface area contributed by atoms with Crippen LogP contribution in [0, 0.1) is 5.92 Å². The second-order valence-corrected chi connectivity index (χ2v) is 4.25. The number of hydrogen-bond acceptors (Lipinski definition) is 5. The molecule has 1 fully saturated rings. The Morgan fingerprint density at radius 2 is 2.41 bits per heavy atom. The van der Waals surface area contributed by atoms with Gasteiger partial charge in [-0.1, -0.05) is 0 Å². The first-order chi connectivity index (χ1) is 8.20. The van der Waals surface area contributed by atoms with E-state index in [2.05, 4.69) is 9.97 Å². The number of amides is 1. The van der Waals surface area contributed by atoms with E-state index in [0.29, 0.717) is 19.0 Å². The quantitative estimate of drug-likeness (QED) is 0.764. The van der Waals surface area contributed by atoms with Gasteiger partial charge in [0.25, 0.3) is 5.91 Å². The molecule has 1 unspecified atom stereocenters. The normalized spacial score (nSPS) is 19.6. The van der Waals surface area contributed by atoms with Gasteiger partial charge in [-0.05, 0) is 18.8 Å². The van der Waals surface area contributed by atoms with Gasteiger partial charge < -0.3 is 15.7 Å². The third kappa shape index (κ3) is 2.71. The number of anilines is 1. The van der Waals surface area contributed by atoms with Crippen LogP contribution in [0.1, 0.15) is 23.3 Å². The minimum Gasteiger partial charge on any atom is -0.396 e. The molecule has 92 valence electrons. The van der Waals surface area contributed by atoms with Crippen LogP contribution in [0.3, 0.4) is 0 Å². The molecule has 0 saturated carbocycles. The van der Waals surface area contributed by atoms with E-state index in [0.717, 1.165) is 12.8 Å². The topological polar surface area (TPSA) is 92.3 Å². The highest BCUT2D eigenvalue weighted by atomic mass is 16.3. The lowest BCUT2D eigenvalue weighted by atomic mass is 10.1. The van der Waals surface area contributed by atoms with Crippen LogP contribution in [-0.4, -0.2) is 45.6 Å². The van der Waals surface area contributed by atoms with Crippen LogP contribution < -0.4 is 5.73 Å². The summed E-state index contributed by atoms with van der Waals surface area (Å²) in [7, 11) is 0. The van der Waals surface area contributed by atoms with Crippen molar-refractivity contribution in [3.63, 3.8) is 0 Å². The maximum atomic E-state index is 12.1. The number of likely N-dealkylation sites (tertiary alicyclic amines) is 1. The maximum Gasteiger partial charge on any atom is 0.274 e. The van der Waals surface area contributed by atoms with Crippen molar-refractivity contribution in [2.24, 2.45) is 5.92 Å². The molecular formula is C11H16N4O2.